The predicted molar refractivity (Wildman–Crippen MR) is 93.7 cm³/mol. The van der Waals surface area contributed by atoms with Crippen molar-refractivity contribution in [3.05, 3.63) is 70.7 Å². The van der Waals surface area contributed by atoms with Crippen LogP contribution in [0.15, 0.2) is 54.6 Å². The Kier molecular flexibility index (Phi) is 6.17. The predicted octanol–water partition coefficient (Wildman–Crippen LogP) is 3.85. The quantitative estimate of drug-likeness (QED) is 0.482. The highest BCUT2D eigenvalue weighted by molar-refractivity contribution is 6.30. The molecule has 2 aromatic carbocycles. The lowest BCUT2D eigenvalue weighted by Crippen LogP contribution is -2.29. The van der Waals surface area contributed by atoms with Crippen LogP contribution in [-0.2, 0) is 14.3 Å². The van der Waals surface area contributed by atoms with E-state index in [2.05, 4.69) is 11.8 Å². The normalized spacial score (nSPS) is 12.5. The Balaban J connectivity index is 2.48. The summed E-state index contributed by atoms with van der Waals surface area (Å²) in [7, 11) is 1.27. The van der Waals surface area contributed by atoms with Crippen LogP contribution in [0.2, 0.25) is 5.02 Å². The zero-order chi connectivity index (χ0) is 17.5. The van der Waals surface area contributed by atoms with Gasteiger partial charge in [-0.1, -0.05) is 53.8 Å². The molecule has 0 aliphatic heterocycles. The molecule has 122 valence electrons. The molecule has 0 fully saturated rings. The highest BCUT2D eigenvalue weighted by Gasteiger charge is 2.33. The van der Waals surface area contributed by atoms with Crippen LogP contribution >= 0.6 is 11.6 Å². The minimum Gasteiger partial charge on any atom is -0.468 e. The van der Waals surface area contributed by atoms with Crippen molar-refractivity contribution in [3.8, 4) is 11.8 Å². The van der Waals surface area contributed by atoms with Gasteiger partial charge in [-0.2, -0.15) is 0 Å². The smallest absolute Gasteiger partial charge is 0.317 e. The summed E-state index contributed by atoms with van der Waals surface area (Å²) in [6.45, 7) is 1.37. The molecule has 2 atom stereocenters. The van der Waals surface area contributed by atoms with E-state index in [1.807, 2.05) is 30.3 Å². The maximum Gasteiger partial charge on any atom is 0.317 e. The maximum atomic E-state index is 12.1. The summed E-state index contributed by atoms with van der Waals surface area (Å²) in [5, 5.41) is 0.575. The number of methoxy groups -OCH3 is 1. The van der Waals surface area contributed by atoms with E-state index in [0.29, 0.717) is 5.02 Å². The van der Waals surface area contributed by atoms with Crippen LogP contribution in [0.3, 0.4) is 0 Å². The van der Waals surface area contributed by atoms with Crippen LogP contribution in [0.4, 0.5) is 0 Å². The van der Waals surface area contributed by atoms with Gasteiger partial charge in [0.1, 0.15) is 11.7 Å². The third-order valence-corrected chi connectivity index (χ3v) is 3.85. The molecule has 2 rings (SSSR count). The molecule has 24 heavy (non-hydrogen) atoms. The average molecular weight is 341 g/mol. The first-order valence-electron chi connectivity index (χ1n) is 7.43. The van der Waals surface area contributed by atoms with Crippen molar-refractivity contribution in [2.24, 2.45) is 5.92 Å². The molecule has 0 radical (unpaired) electrons. The van der Waals surface area contributed by atoms with Gasteiger partial charge in [-0.3, -0.25) is 9.59 Å². The SMILES string of the molecule is COC(=O)C(C(C)=O)C(C#Cc1ccccc1)c1ccc(Cl)cc1. The van der Waals surface area contributed by atoms with Gasteiger partial charge in [-0.15, -0.1) is 0 Å². The number of halogens is 1. The summed E-state index contributed by atoms with van der Waals surface area (Å²) < 4.78 is 4.80. The second-order valence-electron chi connectivity index (χ2n) is 5.28. The standard InChI is InChI=1S/C20H17ClO3/c1-14(22)19(20(23)24-2)18(16-9-11-17(21)12-10-16)13-8-15-6-4-3-5-7-15/h3-7,9-12,18-19H,1-2H3. The van der Waals surface area contributed by atoms with E-state index in [1.165, 1.54) is 14.0 Å². The van der Waals surface area contributed by atoms with Crippen LogP contribution in [-0.4, -0.2) is 18.9 Å². The lowest BCUT2D eigenvalue weighted by atomic mass is 9.84. The number of ether oxygens (including phenoxy) is 1. The summed E-state index contributed by atoms with van der Waals surface area (Å²) in [4.78, 5) is 24.2. The van der Waals surface area contributed by atoms with Gasteiger partial charge in [-0.25, -0.2) is 0 Å². The molecule has 0 spiro atoms. The van der Waals surface area contributed by atoms with Crippen molar-refractivity contribution >= 4 is 23.4 Å². The summed E-state index contributed by atoms with van der Waals surface area (Å²) in [5.74, 6) is 3.62. The topological polar surface area (TPSA) is 43.4 Å². The van der Waals surface area contributed by atoms with Crippen molar-refractivity contribution < 1.29 is 14.3 Å². The lowest BCUT2D eigenvalue weighted by molar-refractivity contribution is -0.149. The molecule has 2 aromatic rings. The second kappa shape index (κ2) is 8.33. The van der Waals surface area contributed by atoms with Crippen LogP contribution < -0.4 is 0 Å². The molecular weight excluding hydrogens is 324 g/mol. The van der Waals surface area contributed by atoms with Crippen molar-refractivity contribution in [2.45, 2.75) is 12.8 Å². The van der Waals surface area contributed by atoms with Gasteiger partial charge >= 0.3 is 5.97 Å². The molecule has 0 amide bonds. The van der Waals surface area contributed by atoms with E-state index >= 15 is 0 Å². The van der Waals surface area contributed by atoms with Gasteiger partial charge in [0, 0.05) is 10.6 Å². The van der Waals surface area contributed by atoms with Crippen molar-refractivity contribution in [3.63, 3.8) is 0 Å². The molecule has 3 nitrogen and oxygen atoms in total. The monoisotopic (exact) mass is 340 g/mol. The Bertz CT molecular complexity index is 770. The third-order valence-electron chi connectivity index (χ3n) is 3.60. The molecule has 0 heterocycles. The molecular formula is C20H17ClO3. The average Bonchev–Trinajstić information content (AvgIpc) is 2.59. The summed E-state index contributed by atoms with van der Waals surface area (Å²) in [6.07, 6.45) is 0. The third kappa shape index (κ3) is 4.47. The minimum absolute atomic E-state index is 0.288. The van der Waals surface area contributed by atoms with Crippen molar-refractivity contribution in [1.29, 1.82) is 0 Å². The second-order valence-corrected chi connectivity index (χ2v) is 5.71. The molecule has 0 N–H and O–H groups in total. The summed E-state index contributed by atoms with van der Waals surface area (Å²) >= 11 is 5.93. The molecule has 0 aliphatic carbocycles. The fourth-order valence-electron chi connectivity index (χ4n) is 2.38. The van der Waals surface area contributed by atoms with Gasteiger partial charge in [0.25, 0.3) is 0 Å². The van der Waals surface area contributed by atoms with Gasteiger partial charge in [0.15, 0.2) is 0 Å². The van der Waals surface area contributed by atoms with Gasteiger partial charge in [-0.05, 0) is 36.8 Å². The highest BCUT2D eigenvalue weighted by Crippen LogP contribution is 2.27. The number of esters is 1. The fraction of sp³-hybridized carbons (Fsp3) is 0.200. The van der Waals surface area contributed by atoms with Gasteiger partial charge < -0.3 is 4.74 Å². The molecule has 0 bridgehead atoms. The number of hydrogen-bond acceptors (Lipinski definition) is 3. The zero-order valence-electron chi connectivity index (χ0n) is 13.5. The molecule has 0 saturated carbocycles. The van der Waals surface area contributed by atoms with Crippen LogP contribution in [0.1, 0.15) is 24.0 Å². The number of carbonyl (C=O) groups excluding carboxylic acids is 2. The Labute approximate surface area is 146 Å². The number of rotatable bonds is 4. The number of ketones is 1. The first-order valence-corrected chi connectivity index (χ1v) is 7.81. The Morgan fingerprint density at radius 1 is 1.04 bits per heavy atom. The molecule has 0 aromatic heterocycles. The number of hydrogen-bond donors (Lipinski definition) is 0. The number of benzene rings is 2. The van der Waals surface area contributed by atoms with E-state index in [1.54, 1.807) is 24.3 Å². The molecule has 2 unspecified atom stereocenters. The zero-order valence-corrected chi connectivity index (χ0v) is 14.2. The highest BCUT2D eigenvalue weighted by atomic mass is 35.5. The Morgan fingerprint density at radius 2 is 1.67 bits per heavy atom. The van der Waals surface area contributed by atoms with Crippen LogP contribution in [0, 0.1) is 17.8 Å². The first-order chi connectivity index (χ1) is 11.5. The summed E-state index contributed by atoms with van der Waals surface area (Å²) in [5.41, 5.74) is 1.55. The maximum absolute atomic E-state index is 12.1. The number of carbonyl (C=O) groups is 2. The van der Waals surface area contributed by atoms with Crippen molar-refractivity contribution in [1.82, 2.24) is 0 Å². The van der Waals surface area contributed by atoms with E-state index in [0.717, 1.165) is 11.1 Å². The van der Waals surface area contributed by atoms with Gasteiger partial charge in [0.05, 0.1) is 13.0 Å². The lowest BCUT2D eigenvalue weighted by Gasteiger charge is -2.19. The van der Waals surface area contributed by atoms with E-state index < -0.39 is 17.8 Å². The Morgan fingerprint density at radius 3 is 2.21 bits per heavy atom. The summed E-state index contributed by atoms with van der Waals surface area (Å²) in [6, 6.07) is 16.4. The van der Waals surface area contributed by atoms with Crippen LogP contribution in [0.5, 0.6) is 0 Å². The fourth-order valence-corrected chi connectivity index (χ4v) is 2.50. The van der Waals surface area contributed by atoms with E-state index in [4.69, 9.17) is 16.3 Å². The van der Waals surface area contributed by atoms with Crippen LogP contribution in [0.25, 0.3) is 0 Å². The molecule has 4 heteroatoms. The largest absolute Gasteiger partial charge is 0.468 e. The van der Waals surface area contributed by atoms with Gasteiger partial charge in [0.2, 0.25) is 0 Å². The first kappa shape index (κ1) is 17.8. The van der Waals surface area contributed by atoms with E-state index in [-0.39, 0.29) is 5.78 Å². The molecule has 0 aliphatic rings. The molecule has 0 saturated heterocycles. The Hall–Kier alpha value is -2.57. The van der Waals surface area contributed by atoms with Crippen molar-refractivity contribution in [2.75, 3.05) is 7.11 Å². The minimum atomic E-state index is -0.979. The number of Topliss-reactive ketones (excluding diaryl/α,β-unsaturated/α-hetero) is 1. The van der Waals surface area contributed by atoms with E-state index in [9.17, 15) is 9.59 Å².